The molecule has 1 fully saturated rings. The van der Waals surface area contributed by atoms with Gasteiger partial charge in [0.05, 0.1) is 12.8 Å². The van der Waals surface area contributed by atoms with Crippen molar-refractivity contribution < 1.29 is 9.53 Å². The van der Waals surface area contributed by atoms with Crippen LogP contribution in [0.5, 0.6) is 0 Å². The highest BCUT2D eigenvalue weighted by Crippen LogP contribution is 2.43. The maximum atomic E-state index is 11.4. The highest BCUT2D eigenvalue weighted by atomic mass is 16.5. The Morgan fingerprint density at radius 2 is 2.19 bits per heavy atom. The highest BCUT2D eigenvalue weighted by molar-refractivity contribution is 5.70. The van der Waals surface area contributed by atoms with Gasteiger partial charge in [0.15, 0.2) is 0 Å². The van der Waals surface area contributed by atoms with Gasteiger partial charge in [0, 0.05) is 18.3 Å². The minimum Gasteiger partial charge on any atom is -0.462 e. The molecule has 114 valence electrons. The molecule has 1 aliphatic heterocycles. The van der Waals surface area contributed by atoms with Gasteiger partial charge in [-0.3, -0.25) is 4.79 Å². The van der Waals surface area contributed by atoms with Crippen LogP contribution in [-0.2, 0) is 9.53 Å². The number of allylic oxidation sites excluding steroid dienone is 4. The number of ether oxygens (including phenoxy) is 1. The number of rotatable bonds is 3. The van der Waals surface area contributed by atoms with E-state index in [4.69, 9.17) is 4.74 Å². The molecule has 3 rings (SSSR count). The normalized spacial score (nSPS) is 39.0. The summed E-state index contributed by atoms with van der Waals surface area (Å²) in [7, 11) is 0. The molecule has 3 aliphatic rings. The summed E-state index contributed by atoms with van der Waals surface area (Å²) in [4.78, 5) is 11.4. The number of cyclic esters (lactones) is 1. The summed E-state index contributed by atoms with van der Waals surface area (Å²) in [6.07, 6.45) is 15.9. The average molecular weight is 287 g/mol. The van der Waals surface area contributed by atoms with E-state index in [0.29, 0.717) is 30.1 Å². The van der Waals surface area contributed by atoms with Crippen molar-refractivity contribution in [3.05, 3.63) is 30.2 Å². The van der Waals surface area contributed by atoms with Crippen LogP contribution in [0.1, 0.15) is 52.4 Å². The standard InChI is InChI=1S/C19H27O2/c1-13-6-10-18-15(12-13)8-7-14(2)17(18)11-9-16-4-3-5-19(20)21-16/h7-8,10,12-14,16-18H,3-6,9,11H2,1-2H3/q+1/t13-,14+,16+,17+,18+/m1/s1. The fraction of sp³-hybridized carbons (Fsp3) is 0.684. The summed E-state index contributed by atoms with van der Waals surface area (Å²) in [6, 6.07) is 0. The quantitative estimate of drug-likeness (QED) is 0.565. The van der Waals surface area contributed by atoms with Crippen molar-refractivity contribution in [1.29, 1.82) is 0 Å². The maximum absolute atomic E-state index is 11.4. The number of fused-ring (bicyclic) bond motifs is 1. The molecule has 0 aromatic heterocycles. The van der Waals surface area contributed by atoms with Crippen molar-refractivity contribution in [3.8, 4) is 0 Å². The molecule has 0 saturated carbocycles. The summed E-state index contributed by atoms with van der Waals surface area (Å²) in [5.74, 6) is 2.58. The van der Waals surface area contributed by atoms with Gasteiger partial charge >= 0.3 is 5.97 Å². The number of esters is 1. The van der Waals surface area contributed by atoms with E-state index in [0.717, 1.165) is 25.7 Å². The van der Waals surface area contributed by atoms with Crippen LogP contribution in [-0.4, -0.2) is 12.1 Å². The van der Waals surface area contributed by atoms with Gasteiger partial charge in [0.2, 0.25) is 0 Å². The lowest BCUT2D eigenvalue weighted by Crippen LogP contribution is -2.31. The molecule has 21 heavy (non-hydrogen) atoms. The van der Waals surface area contributed by atoms with Crippen LogP contribution in [0.25, 0.3) is 0 Å². The molecule has 0 N–H and O–H groups in total. The lowest BCUT2D eigenvalue weighted by molar-refractivity contribution is -0.154. The molecule has 0 unspecified atom stereocenters. The molecular formula is C19H27O2+. The Kier molecular flexibility index (Phi) is 4.42. The zero-order chi connectivity index (χ0) is 14.8. The summed E-state index contributed by atoms with van der Waals surface area (Å²) in [5, 5.41) is 0. The van der Waals surface area contributed by atoms with E-state index in [-0.39, 0.29) is 12.1 Å². The second kappa shape index (κ2) is 6.29. The third kappa shape index (κ3) is 3.36. The van der Waals surface area contributed by atoms with E-state index >= 15 is 0 Å². The predicted molar refractivity (Wildman–Crippen MR) is 84.4 cm³/mol. The third-order valence-corrected chi connectivity index (χ3v) is 5.38. The summed E-state index contributed by atoms with van der Waals surface area (Å²) in [6.45, 7) is 4.62. The highest BCUT2D eigenvalue weighted by Gasteiger charge is 2.39. The molecular weight excluding hydrogens is 260 g/mol. The zero-order valence-electron chi connectivity index (χ0n) is 13.3. The predicted octanol–water partition coefficient (Wildman–Crippen LogP) is 4.47. The molecule has 2 aliphatic carbocycles. The van der Waals surface area contributed by atoms with Crippen LogP contribution in [0.3, 0.4) is 0 Å². The van der Waals surface area contributed by atoms with Gasteiger partial charge in [-0.2, -0.15) is 0 Å². The molecule has 0 bridgehead atoms. The minimum absolute atomic E-state index is 0.00137. The van der Waals surface area contributed by atoms with Gasteiger partial charge in [0.1, 0.15) is 12.0 Å². The Morgan fingerprint density at radius 1 is 1.33 bits per heavy atom. The van der Waals surface area contributed by atoms with Gasteiger partial charge in [-0.1, -0.05) is 32.1 Å². The van der Waals surface area contributed by atoms with Crippen molar-refractivity contribution in [2.75, 3.05) is 0 Å². The Bertz CT molecular complexity index is 448. The second-order valence-corrected chi connectivity index (χ2v) is 7.10. The fourth-order valence-electron chi connectivity index (χ4n) is 4.13. The maximum Gasteiger partial charge on any atom is 0.306 e. The number of carbonyl (C=O) groups is 1. The lowest BCUT2D eigenvalue weighted by atomic mass is 9.66. The van der Waals surface area contributed by atoms with Crippen molar-refractivity contribution >= 4 is 5.97 Å². The largest absolute Gasteiger partial charge is 0.462 e. The molecule has 5 atom stereocenters. The van der Waals surface area contributed by atoms with Crippen molar-refractivity contribution in [2.24, 2.45) is 23.7 Å². The smallest absolute Gasteiger partial charge is 0.306 e. The average Bonchev–Trinajstić information content (AvgIpc) is 2.46. The zero-order valence-corrected chi connectivity index (χ0v) is 13.3. The SMILES string of the molecule is C[C@H]1C=C2C=C[C@H](C)[C@H](CC[C@@H]3CCCC(=O)O3)[C@H]2[CH+]C1. The first kappa shape index (κ1) is 14.7. The van der Waals surface area contributed by atoms with Crippen LogP contribution >= 0.6 is 0 Å². The van der Waals surface area contributed by atoms with Crippen molar-refractivity contribution in [3.63, 3.8) is 0 Å². The van der Waals surface area contributed by atoms with Crippen molar-refractivity contribution in [2.45, 2.75) is 58.5 Å². The van der Waals surface area contributed by atoms with E-state index < -0.39 is 0 Å². The molecule has 0 amide bonds. The van der Waals surface area contributed by atoms with E-state index in [1.165, 1.54) is 12.0 Å². The van der Waals surface area contributed by atoms with Gasteiger partial charge in [-0.05, 0) is 37.2 Å². The van der Waals surface area contributed by atoms with Gasteiger partial charge in [0.25, 0.3) is 0 Å². The fourth-order valence-corrected chi connectivity index (χ4v) is 4.13. The summed E-state index contributed by atoms with van der Waals surface area (Å²) in [5.41, 5.74) is 1.51. The Labute approximate surface area is 128 Å². The first-order valence-corrected chi connectivity index (χ1v) is 8.56. The summed E-state index contributed by atoms with van der Waals surface area (Å²) >= 11 is 0. The third-order valence-electron chi connectivity index (χ3n) is 5.38. The minimum atomic E-state index is 0.00137. The number of hydrogen-bond donors (Lipinski definition) is 0. The van der Waals surface area contributed by atoms with Gasteiger partial charge in [-0.25, -0.2) is 0 Å². The van der Waals surface area contributed by atoms with Crippen LogP contribution in [0.4, 0.5) is 0 Å². The Balaban J connectivity index is 1.62. The molecule has 0 spiro atoms. The van der Waals surface area contributed by atoms with Crippen molar-refractivity contribution in [1.82, 2.24) is 0 Å². The Hall–Kier alpha value is -1.18. The number of carbonyl (C=O) groups excluding carboxylic acids is 1. The molecule has 0 aromatic rings. The molecule has 0 aromatic carbocycles. The van der Waals surface area contributed by atoms with E-state index in [2.05, 4.69) is 38.5 Å². The lowest BCUT2D eigenvalue weighted by Gasteiger charge is -2.34. The summed E-state index contributed by atoms with van der Waals surface area (Å²) < 4.78 is 5.48. The van der Waals surface area contributed by atoms with Crippen LogP contribution in [0.2, 0.25) is 0 Å². The van der Waals surface area contributed by atoms with E-state index in [9.17, 15) is 4.79 Å². The molecule has 2 heteroatoms. The Morgan fingerprint density at radius 3 is 3.00 bits per heavy atom. The van der Waals surface area contributed by atoms with Crippen LogP contribution in [0, 0.1) is 30.1 Å². The molecule has 0 radical (unpaired) electrons. The van der Waals surface area contributed by atoms with Crippen LogP contribution < -0.4 is 0 Å². The van der Waals surface area contributed by atoms with E-state index in [1.807, 2.05) is 0 Å². The topological polar surface area (TPSA) is 26.3 Å². The van der Waals surface area contributed by atoms with Crippen LogP contribution in [0.15, 0.2) is 23.8 Å². The second-order valence-electron chi connectivity index (χ2n) is 7.10. The van der Waals surface area contributed by atoms with E-state index in [1.54, 1.807) is 0 Å². The molecule has 2 nitrogen and oxygen atoms in total. The van der Waals surface area contributed by atoms with Gasteiger partial charge < -0.3 is 4.74 Å². The number of hydrogen-bond acceptors (Lipinski definition) is 2. The first-order valence-electron chi connectivity index (χ1n) is 8.56. The molecule has 1 heterocycles. The monoisotopic (exact) mass is 287 g/mol. The first-order chi connectivity index (χ1) is 10.1. The molecule has 1 saturated heterocycles. The van der Waals surface area contributed by atoms with Gasteiger partial charge in [-0.15, -0.1) is 0 Å².